The molecule has 38 heavy (non-hydrogen) atoms. The minimum absolute atomic E-state index is 0.0171. The van der Waals surface area contributed by atoms with Gasteiger partial charge in [0.25, 0.3) is 5.91 Å². The van der Waals surface area contributed by atoms with Crippen LogP contribution in [-0.2, 0) is 11.3 Å². The quantitative estimate of drug-likeness (QED) is 0.283. The van der Waals surface area contributed by atoms with E-state index in [2.05, 4.69) is 15.3 Å². The predicted molar refractivity (Wildman–Crippen MR) is 145 cm³/mol. The zero-order valence-corrected chi connectivity index (χ0v) is 21.7. The number of hydrogen-bond acceptors (Lipinski definition) is 7. The number of allylic oxidation sites excluding steroid dienone is 1. The van der Waals surface area contributed by atoms with Crippen LogP contribution in [0, 0.1) is 16.7 Å². The van der Waals surface area contributed by atoms with Crippen LogP contribution in [0.1, 0.15) is 27.7 Å². The number of imidazole rings is 1. The van der Waals surface area contributed by atoms with Crippen LogP contribution in [0.3, 0.4) is 0 Å². The zero-order valence-electron chi connectivity index (χ0n) is 21.7. The third kappa shape index (κ3) is 5.73. The second-order valence-corrected chi connectivity index (χ2v) is 9.98. The number of ether oxygens (including phenoxy) is 1. The number of nitrogens with zero attached hydrogens (tertiary/aromatic N) is 5. The van der Waals surface area contributed by atoms with Crippen LogP contribution in [0.4, 0.5) is 5.82 Å². The van der Waals surface area contributed by atoms with Crippen LogP contribution in [-0.4, -0.2) is 31.1 Å². The fourth-order valence-electron chi connectivity index (χ4n) is 4.00. The summed E-state index contributed by atoms with van der Waals surface area (Å²) in [5, 5.41) is 12.2. The molecule has 0 unspecified atom stereocenters. The Morgan fingerprint density at radius 1 is 1.13 bits per heavy atom. The summed E-state index contributed by atoms with van der Waals surface area (Å²) in [5.74, 6) is 0.940. The summed E-state index contributed by atoms with van der Waals surface area (Å²) >= 11 is 0. The Morgan fingerprint density at radius 2 is 1.79 bits per heavy atom. The highest BCUT2D eigenvalue weighted by Gasteiger charge is 2.22. The smallest absolute Gasteiger partial charge is 0.335 e. The number of nitrogens with one attached hydrogen (secondary N) is 1. The average molecular weight is 512 g/mol. The van der Waals surface area contributed by atoms with Crippen molar-refractivity contribution in [2.24, 2.45) is 5.41 Å². The molecule has 0 saturated carbocycles. The summed E-state index contributed by atoms with van der Waals surface area (Å²) in [6, 6.07) is 17.8. The number of rotatable bonds is 7. The van der Waals surface area contributed by atoms with Crippen molar-refractivity contribution in [2.75, 3.05) is 5.73 Å². The van der Waals surface area contributed by atoms with E-state index < -0.39 is 17.6 Å². The van der Waals surface area contributed by atoms with Gasteiger partial charge >= 0.3 is 5.69 Å². The molecule has 0 spiro atoms. The Balaban J connectivity index is 1.65. The highest BCUT2D eigenvalue weighted by Crippen LogP contribution is 2.25. The predicted octanol–water partition coefficient (Wildman–Crippen LogP) is 3.96. The highest BCUT2D eigenvalue weighted by molar-refractivity contribution is 5.97. The van der Waals surface area contributed by atoms with Crippen molar-refractivity contribution in [3.05, 3.63) is 83.1 Å². The van der Waals surface area contributed by atoms with E-state index in [0.29, 0.717) is 28.4 Å². The van der Waals surface area contributed by atoms with Crippen molar-refractivity contribution in [1.29, 1.82) is 5.26 Å². The van der Waals surface area contributed by atoms with Gasteiger partial charge < -0.3 is 15.8 Å². The number of carbonyl (C=O) groups excluding carboxylic acids is 1. The number of hydrogen-bond donors (Lipinski definition) is 2. The van der Waals surface area contributed by atoms with Gasteiger partial charge in [-0.25, -0.2) is 14.8 Å². The maximum atomic E-state index is 13.6. The molecule has 4 rings (SSSR count). The van der Waals surface area contributed by atoms with E-state index >= 15 is 0 Å². The van der Waals surface area contributed by atoms with Crippen molar-refractivity contribution in [2.45, 2.75) is 40.3 Å². The average Bonchev–Trinajstić information content (AvgIpc) is 3.15. The number of carbonyl (C=O) groups is 1. The van der Waals surface area contributed by atoms with E-state index in [1.165, 1.54) is 15.5 Å². The van der Waals surface area contributed by atoms with Crippen LogP contribution >= 0.6 is 0 Å². The highest BCUT2D eigenvalue weighted by atomic mass is 16.5. The molecule has 0 aliphatic rings. The summed E-state index contributed by atoms with van der Waals surface area (Å²) in [6.45, 7) is 7.56. The monoisotopic (exact) mass is 511 g/mol. The second kappa shape index (κ2) is 10.6. The SMILES string of the molecule is C[C@@H](Cn1c(=O)n(-c2ccc(Oc3ccccc3)cc2)c2c(N)ncnc21)NC(=O)C(C#N)=CC(C)(C)C. The van der Waals surface area contributed by atoms with E-state index in [0.717, 1.165) is 0 Å². The molecular formula is C28H29N7O3. The van der Waals surface area contributed by atoms with Crippen molar-refractivity contribution < 1.29 is 9.53 Å². The number of amides is 1. The summed E-state index contributed by atoms with van der Waals surface area (Å²) in [7, 11) is 0. The van der Waals surface area contributed by atoms with Crippen LogP contribution in [0.2, 0.25) is 0 Å². The normalized spacial score (nSPS) is 12.7. The van der Waals surface area contributed by atoms with Gasteiger partial charge in [0.2, 0.25) is 0 Å². The van der Waals surface area contributed by atoms with Crippen LogP contribution < -0.4 is 21.5 Å². The maximum absolute atomic E-state index is 13.6. The van der Waals surface area contributed by atoms with Crippen molar-refractivity contribution in [3.8, 4) is 23.3 Å². The zero-order chi connectivity index (χ0) is 27.4. The van der Waals surface area contributed by atoms with E-state index in [-0.39, 0.29) is 23.4 Å². The molecule has 0 fully saturated rings. The molecular weight excluding hydrogens is 482 g/mol. The van der Waals surface area contributed by atoms with Gasteiger partial charge in [0, 0.05) is 12.6 Å². The summed E-state index contributed by atoms with van der Waals surface area (Å²) in [5.41, 5.74) is 6.70. The van der Waals surface area contributed by atoms with Gasteiger partial charge in [0.1, 0.15) is 35.0 Å². The first kappa shape index (κ1) is 26.2. The Hall–Kier alpha value is -4.91. The molecule has 4 aromatic rings. The third-order valence-electron chi connectivity index (χ3n) is 5.58. The van der Waals surface area contributed by atoms with E-state index in [4.69, 9.17) is 10.5 Å². The molecule has 1 amide bonds. The Bertz CT molecular complexity index is 1590. The lowest BCUT2D eigenvalue weighted by atomic mass is 9.93. The van der Waals surface area contributed by atoms with Crippen molar-refractivity contribution in [1.82, 2.24) is 24.4 Å². The summed E-state index contributed by atoms with van der Waals surface area (Å²) < 4.78 is 8.73. The maximum Gasteiger partial charge on any atom is 0.335 e. The molecule has 194 valence electrons. The van der Waals surface area contributed by atoms with Gasteiger partial charge in [0.05, 0.1) is 5.69 Å². The second-order valence-electron chi connectivity index (χ2n) is 9.98. The molecule has 0 bridgehead atoms. The van der Waals surface area contributed by atoms with Crippen molar-refractivity contribution >= 4 is 22.9 Å². The Labute approximate surface area is 220 Å². The number of para-hydroxylation sites is 1. The standard InChI is InChI=1S/C28H29N7O3/c1-18(33-26(36)19(15-29)14-28(2,3)4)16-34-25-23(24(30)31-17-32-25)35(27(34)37)20-10-12-22(13-11-20)38-21-8-6-5-7-9-21/h5-14,17-18H,16H2,1-4H3,(H,33,36)(H2,30,31,32)/t18-/m0/s1. The number of fused-ring (bicyclic) bond motifs is 1. The lowest BCUT2D eigenvalue weighted by Gasteiger charge is -2.16. The van der Waals surface area contributed by atoms with Gasteiger partial charge in [-0.1, -0.05) is 45.0 Å². The van der Waals surface area contributed by atoms with E-state index in [1.54, 1.807) is 37.3 Å². The third-order valence-corrected chi connectivity index (χ3v) is 5.58. The number of nitrogens with two attached hydrogens (primary N) is 1. The molecule has 0 radical (unpaired) electrons. The van der Waals surface area contributed by atoms with E-state index in [9.17, 15) is 14.9 Å². The Kier molecular flexibility index (Phi) is 7.30. The minimum Gasteiger partial charge on any atom is -0.457 e. The van der Waals surface area contributed by atoms with Gasteiger partial charge in [-0.2, -0.15) is 5.26 Å². The number of anilines is 1. The van der Waals surface area contributed by atoms with Crippen LogP contribution in [0.5, 0.6) is 11.5 Å². The summed E-state index contributed by atoms with van der Waals surface area (Å²) in [6.07, 6.45) is 2.91. The molecule has 2 heterocycles. The topological polar surface area (TPSA) is 141 Å². The van der Waals surface area contributed by atoms with Crippen LogP contribution in [0.15, 0.2) is 77.4 Å². The molecule has 2 aromatic carbocycles. The molecule has 3 N–H and O–H groups in total. The number of nitrogen functional groups attached to an aromatic ring is 1. The molecule has 0 aliphatic heterocycles. The van der Waals surface area contributed by atoms with Crippen LogP contribution in [0.25, 0.3) is 16.9 Å². The fraction of sp³-hybridized carbons (Fsp3) is 0.250. The van der Waals surface area contributed by atoms with Gasteiger partial charge in [-0.15, -0.1) is 0 Å². The molecule has 10 nitrogen and oxygen atoms in total. The molecule has 2 aromatic heterocycles. The minimum atomic E-state index is -0.505. The van der Waals surface area contributed by atoms with Gasteiger partial charge in [0.15, 0.2) is 11.5 Å². The van der Waals surface area contributed by atoms with Gasteiger partial charge in [-0.3, -0.25) is 13.9 Å². The summed E-state index contributed by atoms with van der Waals surface area (Å²) in [4.78, 5) is 34.7. The molecule has 0 aliphatic carbocycles. The molecule has 0 saturated heterocycles. The lowest BCUT2D eigenvalue weighted by Crippen LogP contribution is -2.39. The molecule has 10 heteroatoms. The first-order valence-electron chi connectivity index (χ1n) is 12.1. The largest absolute Gasteiger partial charge is 0.457 e. The number of aromatic nitrogens is 4. The first-order valence-corrected chi connectivity index (χ1v) is 12.1. The first-order chi connectivity index (χ1) is 18.1. The lowest BCUT2D eigenvalue weighted by molar-refractivity contribution is -0.117. The fourth-order valence-corrected chi connectivity index (χ4v) is 4.00. The van der Waals surface area contributed by atoms with Gasteiger partial charge in [-0.05, 0) is 48.7 Å². The van der Waals surface area contributed by atoms with Crippen molar-refractivity contribution in [3.63, 3.8) is 0 Å². The van der Waals surface area contributed by atoms with E-state index in [1.807, 2.05) is 57.2 Å². The number of benzene rings is 2. The molecule has 1 atom stereocenters. The Morgan fingerprint density at radius 3 is 2.42 bits per heavy atom. The number of nitriles is 1.